The predicted octanol–water partition coefficient (Wildman–Crippen LogP) is 1.80. The summed E-state index contributed by atoms with van der Waals surface area (Å²) >= 11 is 0. The van der Waals surface area contributed by atoms with E-state index in [1.165, 1.54) is 0 Å². The fourth-order valence-corrected chi connectivity index (χ4v) is 3.14. The smallest absolute Gasteiger partial charge is 0.255 e. The van der Waals surface area contributed by atoms with Gasteiger partial charge in [-0.2, -0.15) is 0 Å². The molecular formula is C20H28N6O. The number of anilines is 2. The second-order valence-corrected chi connectivity index (χ2v) is 7.01. The molecular weight excluding hydrogens is 340 g/mol. The van der Waals surface area contributed by atoms with Gasteiger partial charge < -0.3 is 20.0 Å². The van der Waals surface area contributed by atoms with Crippen molar-refractivity contribution < 1.29 is 4.79 Å². The highest BCUT2D eigenvalue weighted by atomic mass is 16.2. The zero-order valence-electron chi connectivity index (χ0n) is 16.1. The fraction of sp³-hybridized carbons (Fsp3) is 0.450. The van der Waals surface area contributed by atoms with Crippen LogP contribution in [0.1, 0.15) is 16.8 Å². The van der Waals surface area contributed by atoms with Crippen molar-refractivity contribution in [3.63, 3.8) is 0 Å². The average Bonchev–Trinajstić information content (AvgIpc) is 2.71. The van der Waals surface area contributed by atoms with E-state index in [1.54, 1.807) is 18.6 Å². The first-order valence-corrected chi connectivity index (χ1v) is 9.42. The van der Waals surface area contributed by atoms with Crippen LogP contribution in [0.15, 0.2) is 42.9 Å². The third kappa shape index (κ3) is 5.40. The van der Waals surface area contributed by atoms with Crippen molar-refractivity contribution >= 4 is 17.4 Å². The SMILES string of the molecule is CN(C)CCCNc1cncc(C(=O)N2CCN(c3ccccn3)CC2)c1. The Morgan fingerprint density at radius 3 is 2.70 bits per heavy atom. The van der Waals surface area contributed by atoms with E-state index in [0.717, 1.165) is 44.1 Å². The molecule has 1 saturated heterocycles. The summed E-state index contributed by atoms with van der Waals surface area (Å²) < 4.78 is 0. The van der Waals surface area contributed by atoms with Gasteiger partial charge in [-0.15, -0.1) is 0 Å². The zero-order chi connectivity index (χ0) is 19.1. The first-order valence-electron chi connectivity index (χ1n) is 9.42. The van der Waals surface area contributed by atoms with E-state index in [1.807, 2.05) is 29.2 Å². The van der Waals surface area contributed by atoms with Crippen molar-refractivity contribution in [3.8, 4) is 0 Å². The van der Waals surface area contributed by atoms with Crippen molar-refractivity contribution in [2.75, 3.05) is 63.6 Å². The first kappa shape index (κ1) is 19.1. The molecule has 1 N–H and O–H groups in total. The molecule has 0 bridgehead atoms. The average molecular weight is 368 g/mol. The minimum absolute atomic E-state index is 0.0418. The summed E-state index contributed by atoms with van der Waals surface area (Å²) in [4.78, 5) is 27.7. The highest BCUT2D eigenvalue weighted by molar-refractivity contribution is 5.94. The lowest BCUT2D eigenvalue weighted by atomic mass is 10.2. The molecule has 3 heterocycles. The number of piperazine rings is 1. The molecule has 0 unspecified atom stereocenters. The molecule has 27 heavy (non-hydrogen) atoms. The second-order valence-electron chi connectivity index (χ2n) is 7.01. The topological polar surface area (TPSA) is 64.6 Å². The lowest BCUT2D eigenvalue weighted by molar-refractivity contribution is 0.0746. The number of amides is 1. The van der Waals surface area contributed by atoms with Crippen LogP contribution in [0.5, 0.6) is 0 Å². The summed E-state index contributed by atoms with van der Waals surface area (Å²) in [6, 6.07) is 7.81. The molecule has 7 nitrogen and oxygen atoms in total. The van der Waals surface area contributed by atoms with E-state index in [0.29, 0.717) is 18.7 Å². The van der Waals surface area contributed by atoms with Gasteiger partial charge in [-0.25, -0.2) is 4.98 Å². The van der Waals surface area contributed by atoms with Crippen molar-refractivity contribution in [1.29, 1.82) is 0 Å². The van der Waals surface area contributed by atoms with Gasteiger partial charge in [0.1, 0.15) is 5.82 Å². The van der Waals surface area contributed by atoms with Crippen LogP contribution in [0.3, 0.4) is 0 Å². The van der Waals surface area contributed by atoms with Crippen molar-refractivity contribution in [2.45, 2.75) is 6.42 Å². The van der Waals surface area contributed by atoms with Crippen LogP contribution in [-0.2, 0) is 0 Å². The molecule has 144 valence electrons. The van der Waals surface area contributed by atoms with Gasteiger partial charge in [0, 0.05) is 51.3 Å². The van der Waals surface area contributed by atoms with Crippen LogP contribution in [0.4, 0.5) is 11.5 Å². The molecule has 1 amide bonds. The summed E-state index contributed by atoms with van der Waals surface area (Å²) in [5, 5.41) is 3.35. The molecule has 0 radical (unpaired) electrons. The van der Waals surface area contributed by atoms with Crippen LogP contribution in [0, 0.1) is 0 Å². The van der Waals surface area contributed by atoms with Gasteiger partial charge in [0.15, 0.2) is 0 Å². The molecule has 7 heteroatoms. The van der Waals surface area contributed by atoms with E-state index in [9.17, 15) is 4.79 Å². The zero-order valence-corrected chi connectivity index (χ0v) is 16.1. The van der Waals surface area contributed by atoms with E-state index in [2.05, 4.69) is 39.2 Å². The van der Waals surface area contributed by atoms with Crippen molar-refractivity contribution in [2.24, 2.45) is 0 Å². The molecule has 2 aromatic heterocycles. The third-order valence-corrected chi connectivity index (χ3v) is 4.64. The molecule has 1 aliphatic heterocycles. The first-order chi connectivity index (χ1) is 13.1. The molecule has 0 saturated carbocycles. The normalized spacial score (nSPS) is 14.5. The Labute approximate surface area is 161 Å². The van der Waals surface area contributed by atoms with Crippen LogP contribution >= 0.6 is 0 Å². The quantitative estimate of drug-likeness (QED) is 0.752. The Balaban J connectivity index is 1.53. The number of nitrogens with zero attached hydrogens (tertiary/aromatic N) is 5. The standard InChI is InChI=1S/C20H28N6O/c1-24(2)9-5-8-22-18-14-17(15-21-16-18)20(27)26-12-10-25(11-13-26)19-6-3-4-7-23-19/h3-4,6-7,14-16,22H,5,8-13H2,1-2H3. The lowest BCUT2D eigenvalue weighted by Gasteiger charge is -2.35. The summed E-state index contributed by atoms with van der Waals surface area (Å²) in [7, 11) is 4.13. The van der Waals surface area contributed by atoms with Crippen LogP contribution in [0.25, 0.3) is 0 Å². The Morgan fingerprint density at radius 1 is 1.19 bits per heavy atom. The van der Waals surface area contributed by atoms with Gasteiger partial charge in [0.2, 0.25) is 0 Å². The number of rotatable bonds is 7. The third-order valence-electron chi connectivity index (χ3n) is 4.64. The Morgan fingerprint density at radius 2 is 2.00 bits per heavy atom. The molecule has 1 aliphatic rings. The molecule has 0 atom stereocenters. The number of nitrogens with one attached hydrogen (secondary N) is 1. The maximum atomic E-state index is 12.8. The van der Waals surface area contributed by atoms with Crippen molar-refractivity contribution in [1.82, 2.24) is 19.8 Å². The Hall–Kier alpha value is -2.67. The number of hydrogen-bond acceptors (Lipinski definition) is 6. The summed E-state index contributed by atoms with van der Waals surface area (Å²) in [5.41, 5.74) is 1.53. The number of carbonyl (C=O) groups is 1. The Kier molecular flexibility index (Phi) is 6.59. The number of aromatic nitrogens is 2. The van der Waals surface area contributed by atoms with Gasteiger partial charge in [0.05, 0.1) is 11.3 Å². The van der Waals surface area contributed by atoms with E-state index < -0.39 is 0 Å². The predicted molar refractivity (Wildman–Crippen MR) is 108 cm³/mol. The van der Waals surface area contributed by atoms with Gasteiger partial charge >= 0.3 is 0 Å². The monoisotopic (exact) mass is 368 g/mol. The molecule has 1 fully saturated rings. The van der Waals surface area contributed by atoms with Gasteiger partial charge in [0.25, 0.3) is 5.91 Å². The van der Waals surface area contributed by atoms with Gasteiger partial charge in [-0.05, 0) is 45.3 Å². The van der Waals surface area contributed by atoms with Crippen LogP contribution in [-0.4, -0.2) is 79.0 Å². The highest BCUT2D eigenvalue weighted by Crippen LogP contribution is 2.16. The van der Waals surface area contributed by atoms with Crippen LogP contribution in [0.2, 0.25) is 0 Å². The second kappa shape index (κ2) is 9.32. The maximum absolute atomic E-state index is 12.8. The minimum atomic E-state index is 0.0418. The lowest BCUT2D eigenvalue weighted by Crippen LogP contribution is -2.49. The minimum Gasteiger partial charge on any atom is -0.384 e. The molecule has 0 aromatic carbocycles. The fourth-order valence-electron chi connectivity index (χ4n) is 3.14. The maximum Gasteiger partial charge on any atom is 0.255 e. The van der Waals surface area contributed by atoms with E-state index in [-0.39, 0.29) is 5.91 Å². The van der Waals surface area contributed by atoms with Crippen LogP contribution < -0.4 is 10.2 Å². The summed E-state index contributed by atoms with van der Waals surface area (Å²) in [5.74, 6) is 1.01. The van der Waals surface area contributed by atoms with Gasteiger partial charge in [-0.1, -0.05) is 6.07 Å². The van der Waals surface area contributed by atoms with Gasteiger partial charge in [-0.3, -0.25) is 9.78 Å². The molecule has 0 spiro atoms. The molecule has 0 aliphatic carbocycles. The number of hydrogen-bond donors (Lipinski definition) is 1. The van der Waals surface area contributed by atoms with E-state index >= 15 is 0 Å². The number of carbonyl (C=O) groups excluding carboxylic acids is 1. The molecule has 3 rings (SSSR count). The highest BCUT2D eigenvalue weighted by Gasteiger charge is 2.23. The number of pyridine rings is 2. The summed E-state index contributed by atoms with van der Waals surface area (Å²) in [6.07, 6.45) is 6.26. The van der Waals surface area contributed by atoms with Crippen molar-refractivity contribution in [3.05, 3.63) is 48.4 Å². The summed E-state index contributed by atoms with van der Waals surface area (Å²) in [6.45, 7) is 4.85. The largest absolute Gasteiger partial charge is 0.384 e. The molecule has 2 aromatic rings. The van der Waals surface area contributed by atoms with E-state index in [4.69, 9.17) is 0 Å². The Bertz CT molecular complexity index is 728.